The summed E-state index contributed by atoms with van der Waals surface area (Å²) in [7, 11) is 0. The second-order valence-corrected chi connectivity index (χ2v) is 4.45. The Morgan fingerprint density at radius 2 is 1.95 bits per heavy atom. The van der Waals surface area contributed by atoms with E-state index in [1.54, 1.807) is 18.3 Å². The quantitative estimate of drug-likeness (QED) is 0.759. The molecule has 5 nitrogen and oxygen atoms in total. The first-order chi connectivity index (χ1) is 9.25. The van der Waals surface area contributed by atoms with E-state index >= 15 is 0 Å². The number of carbonyl (C=O) groups excluding carboxylic acids is 1. The van der Waals surface area contributed by atoms with Crippen molar-refractivity contribution in [1.29, 1.82) is 0 Å². The fourth-order valence-electron chi connectivity index (χ4n) is 2.17. The highest BCUT2D eigenvalue weighted by atomic mass is 16.2. The lowest BCUT2D eigenvalue weighted by atomic mass is 9.98. The van der Waals surface area contributed by atoms with Gasteiger partial charge in [0.25, 0.3) is 0 Å². The number of pyridine rings is 1. The number of hydrogen-bond acceptors (Lipinski definition) is 4. The van der Waals surface area contributed by atoms with Gasteiger partial charge in [-0.15, -0.1) is 0 Å². The summed E-state index contributed by atoms with van der Waals surface area (Å²) in [6.07, 6.45) is 1.68. The Balaban J connectivity index is 1.89. The predicted octanol–water partition coefficient (Wildman–Crippen LogP) is 1.51. The fraction of sp³-hybridized carbons (Fsp3) is 0.143. The van der Waals surface area contributed by atoms with Gasteiger partial charge in [-0.3, -0.25) is 4.79 Å². The summed E-state index contributed by atoms with van der Waals surface area (Å²) in [5, 5.41) is 5.91. The zero-order valence-corrected chi connectivity index (χ0v) is 10.2. The van der Waals surface area contributed by atoms with Crippen LogP contribution in [-0.2, 0) is 4.79 Å². The second-order valence-electron chi connectivity index (χ2n) is 4.45. The highest BCUT2D eigenvalue weighted by Crippen LogP contribution is 2.27. The summed E-state index contributed by atoms with van der Waals surface area (Å²) >= 11 is 0. The lowest BCUT2D eigenvalue weighted by molar-refractivity contribution is -0.117. The van der Waals surface area contributed by atoms with Gasteiger partial charge in [0, 0.05) is 6.20 Å². The number of nitrogens with one attached hydrogen (secondary N) is 2. The first kappa shape index (κ1) is 11.7. The maximum absolute atomic E-state index is 12.1. The van der Waals surface area contributed by atoms with Crippen molar-refractivity contribution in [3.63, 3.8) is 0 Å². The van der Waals surface area contributed by atoms with E-state index in [0.29, 0.717) is 11.5 Å². The lowest BCUT2D eigenvalue weighted by Crippen LogP contribution is -2.46. The zero-order chi connectivity index (χ0) is 13.2. The third kappa shape index (κ3) is 2.15. The minimum absolute atomic E-state index is 0.142. The molecule has 0 radical (unpaired) electrons. The van der Waals surface area contributed by atoms with Crippen LogP contribution in [0.3, 0.4) is 0 Å². The molecule has 1 aromatic carbocycles. The van der Waals surface area contributed by atoms with Crippen LogP contribution in [-0.4, -0.2) is 16.9 Å². The van der Waals surface area contributed by atoms with Crippen LogP contribution in [0.5, 0.6) is 0 Å². The molecule has 3 rings (SSSR count). The Kier molecular flexibility index (Phi) is 2.89. The van der Waals surface area contributed by atoms with Crippen LogP contribution in [0.15, 0.2) is 48.7 Å². The van der Waals surface area contributed by atoms with E-state index in [9.17, 15) is 4.79 Å². The smallest absolute Gasteiger partial charge is 0.248 e. The lowest BCUT2D eigenvalue weighted by Gasteiger charge is -2.29. The van der Waals surface area contributed by atoms with Crippen LogP contribution in [0.25, 0.3) is 0 Å². The van der Waals surface area contributed by atoms with E-state index in [1.807, 2.05) is 30.3 Å². The molecule has 0 saturated heterocycles. The Morgan fingerprint density at radius 3 is 2.74 bits per heavy atom. The average Bonchev–Trinajstić information content (AvgIpc) is 2.47. The molecule has 96 valence electrons. The number of anilines is 2. The van der Waals surface area contributed by atoms with Crippen molar-refractivity contribution in [3.05, 3.63) is 54.2 Å². The maximum Gasteiger partial charge on any atom is 0.248 e. The van der Waals surface area contributed by atoms with Crippen molar-refractivity contribution in [1.82, 2.24) is 4.98 Å². The molecule has 5 heteroatoms. The molecular formula is C14H14N4O. The molecule has 0 fully saturated rings. The molecule has 1 aromatic heterocycles. The minimum atomic E-state index is -0.523. The molecule has 2 aromatic rings. The number of nitrogens with two attached hydrogens (primary N) is 1. The molecule has 1 amide bonds. The second kappa shape index (κ2) is 4.70. The van der Waals surface area contributed by atoms with Crippen LogP contribution < -0.4 is 16.4 Å². The van der Waals surface area contributed by atoms with E-state index in [1.165, 1.54) is 0 Å². The number of aromatic nitrogens is 1. The molecule has 2 atom stereocenters. The molecule has 0 unspecified atom stereocenters. The van der Waals surface area contributed by atoms with Crippen molar-refractivity contribution in [2.24, 2.45) is 5.73 Å². The largest absolute Gasteiger partial charge is 0.355 e. The number of benzene rings is 1. The van der Waals surface area contributed by atoms with Crippen molar-refractivity contribution in [2.75, 3.05) is 10.6 Å². The van der Waals surface area contributed by atoms with Gasteiger partial charge >= 0.3 is 0 Å². The van der Waals surface area contributed by atoms with Crippen molar-refractivity contribution >= 4 is 17.4 Å². The number of carbonyl (C=O) groups is 1. The van der Waals surface area contributed by atoms with Gasteiger partial charge in [-0.25, -0.2) is 4.98 Å². The summed E-state index contributed by atoms with van der Waals surface area (Å²) < 4.78 is 0. The van der Waals surface area contributed by atoms with E-state index in [2.05, 4.69) is 15.6 Å². The summed E-state index contributed by atoms with van der Waals surface area (Å²) in [5.41, 5.74) is 7.76. The van der Waals surface area contributed by atoms with Crippen LogP contribution in [0, 0.1) is 0 Å². The average molecular weight is 254 g/mol. The summed E-state index contributed by atoms with van der Waals surface area (Å²) in [4.78, 5) is 16.3. The first-order valence-corrected chi connectivity index (χ1v) is 6.08. The molecular weight excluding hydrogens is 240 g/mol. The first-order valence-electron chi connectivity index (χ1n) is 6.08. The summed E-state index contributed by atoms with van der Waals surface area (Å²) in [6.45, 7) is 0. The zero-order valence-electron chi connectivity index (χ0n) is 10.2. The minimum Gasteiger partial charge on any atom is -0.355 e. The standard InChI is InChI=1S/C14H14N4O/c15-11(9-5-2-1-3-6-9)12-14(19)17-10-7-4-8-16-13(10)18-12/h1-8,11-12H,15H2,(H,16,18)(H,17,19)/t11-,12+/m0/s1. The van der Waals surface area contributed by atoms with E-state index < -0.39 is 12.1 Å². The van der Waals surface area contributed by atoms with Gasteiger partial charge in [-0.05, 0) is 17.7 Å². The SMILES string of the molecule is N[C@@H](c1ccccc1)[C@H]1Nc2ncccc2NC1=O. The molecule has 0 bridgehead atoms. The molecule has 4 N–H and O–H groups in total. The predicted molar refractivity (Wildman–Crippen MR) is 73.6 cm³/mol. The van der Waals surface area contributed by atoms with Gasteiger partial charge in [0.2, 0.25) is 5.91 Å². The van der Waals surface area contributed by atoms with Gasteiger partial charge in [0.15, 0.2) is 0 Å². The Hall–Kier alpha value is -2.40. The van der Waals surface area contributed by atoms with Crippen LogP contribution in [0.1, 0.15) is 11.6 Å². The molecule has 0 spiro atoms. The number of fused-ring (bicyclic) bond motifs is 1. The molecule has 1 aliphatic rings. The van der Waals surface area contributed by atoms with Gasteiger partial charge in [0.1, 0.15) is 11.9 Å². The number of nitrogens with zero attached hydrogens (tertiary/aromatic N) is 1. The van der Waals surface area contributed by atoms with E-state index in [-0.39, 0.29) is 5.91 Å². The number of hydrogen-bond donors (Lipinski definition) is 3. The van der Waals surface area contributed by atoms with Crippen molar-refractivity contribution in [2.45, 2.75) is 12.1 Å². The molecule has 19 heavy (non-hydrogen) atoms. The fourth-order valence-corrected chi connectivity index (χ4v) is 2.17. The summed E-state index contributed by atoms with van der Waals surface area (Å²) in [6, 6.07) is 12.2. The Morgan fingerprint density at radius 1 is 1.16 bits per heavy atom. The molecule has 0 saturated carbocycles. The van der Waals surface area contributed by atoms with Crippen LogP contribution in [0.4, 0.5) is 11.5 Å². The molecule has 1 aliphatic heterocycles. The number of amides is 1. The van der Waals surface area contributed by atoms with Crippen LogP contribution >= 0.6 is 0 Å². The van der Waals surface area contributed by atoms with E-state index in [4.69, 9.17) is 5.73 Å². The molecule has 2 heterocycles. The Labute approximate surface area is 110 Å². The van der Waals surface area contributed by atoms with Gasteiger partial charge in [-0.1, -0.05) is 30.3 Å². The maximum atomic E-state index is 12.1. The third-order valence-corrected chi connectivity index (χ3v) is 3.18. The third-order valence-electron chi connectivity index (χ3n) is 3.18. The Bertz CT molecular complexity index is 599. The highest BCUT2D eigenvalue weighted by Gasteiger charge is 2.31. The van der Waals surface area contributed by atoms with Gasteiger partial charge < -0.3 is 16.4 Å². The van der Waals surface area contributed by atoms with Crippen molar-refractivity contribution < 1.29 is 4.79 Å². The van der Waals surface area contributed by atoms with Gasteiger partial charge in [0.05, 0.1) is 11.7 Å². The van der Waals surface area contributed by atoms with Crippen molar-refractivity contribution in [3.8, 4) is 0 Å². The normalized spacial score (nSPS) is 19.0. The van der Waals surface area contributed by atoms with E-state index in [0.717, 1.165) is 5.56 Å². The summed E-state index contributed by atoms with van der Waals surface area (Å²) in [5.74, 6) is 0.510. The molecule has 0 aliphatic carbocycles. The van der Waals surface area contributed by atoms with Crippen LogP contribution in [0.2, 0.25) is 0 Å². The van der Waals surface area contributed by atoms with Gasteiger partial charge in [-0.2, -0.15) is 0 Å². The highest BCUT2D eigenvalue weighted by molar-refractivity contribution is 6.02. The topological polar surface area (TPSA) is 80.0 Å². The number of rotatable bonds is 2. The monoisotopic (exact) mass is 254 g/mol.